The van der Waals surface area contributed by atoms with Gasteiger partial charge in [0.1, 0.15) is 22.3 Å². The Kier molecular flexibility index (Phi) is 10.1. The van der Waals surface area contributed by atoms with Crippen LogP contribution >= 0.6 is 11.6 Å². The number of hydrogen-bond acceptors (Lipinski definition) is 4. The number of likely N-dealkylation sites (tertiary alicyclic amines) is 1. The van der Waals surface area contributed by atoms with Gasteiger partial charge in [-0.1, -0.05) is 11.6 Å². The summed E-state index contributed by atoms with van der Waals surface area (Å²) >= 11 is 6.22. The fraction of sp³-hybridized carbons (Fsp3) is 0.536. The summed E-state index contributed by atoms with van der Waals surface area (Å²) < 4.78 is 145. The van der Waals surface area contributed by atoms with Crippen LogP contribution in [0.5, 0.6) is 0 Å². The molecule has 0 spiro atoms. The van der Waals surface area contributed by atoms with Crippen molar-refractivity contribution in [1.29, 1.82) is 0 Å². The van der Waals surface area contributed by atoms with E-state index in [2.05, 4.69) is 9.38 Å². The normalized spacial score (nSPS) is 19.6. The van der Waals surface area contributed by atoms with E-state index < -0.39 is 86.1 Å². The fourth-order valence-corrected chi connectivity index (χ4v) is 5.36. The maximum atomic E-state index is 13.8. The second-order valence-corrected chi connectivity index (χ2v) is 14.5. The summed E-state index contributed by atoms with van der Waals surface area (Å²) in [5, 5.41) is -0.294. The molecule has 2 heterocycles. The topological polar surface area (TPSA) is 71.9 Å². The molecule has 3 rings (SSSR count). The van der Waals surface area contributed by atoms with Crippen molar-refractivity contribution in [2.75, 3.05) is 0 Å². The zero-order valence-corrected chi connectivity index (χ0v) is 26.3. The Morgan fingerprint density at radius 3 is 1.87 bits per heavy atom. The monoisotopic (exact) mass is 693 g/mol. The Morgan fingerprint density at radius 2 is 1.42 bits per heavy atom. The van der Waals surface area contributed by atoms with Crippen LogP contribution in [0.4, 0.5) is 44.3 Å². The second kappa shape index (κ2) is 12.4. The van der Waals surface area contributed by atoms with Gasteiger partial charge < -0.3 is 4.74 Å². The van der Waals surface area contributed by atoms with Gasteiger partial charge in [-0.2, -0.15) is 43.9 Å². The molecule has 1 aliphatic heterocycles. The summed E-state index contributed by atoms with van der Waals surface area (Å²) in [5.41, 5.74) is -7.51. The van der Waals surface area contributed by atoms with E-state index in [0.717, 1.165) is 4.90 Å². The summed E-state index contributed by atoms with van der Waals surface area (Å²) in [7, 11) is -2.28. The van der Waals surface area contributed by atoms with Gasteiger partial charge in [-0.25, -0.2) is 9.00 Å². The summed E-state index contributed by atoms with van der Waals surface area (Å²) in [6, 6.07) is -1.55. The average molecular weight is 694 g/mol. The van der Waals surface area contributed by atoms with Crippen LogP contribution in [0.3, 0.4) is 0 Å². The lowest BCUT2D eigenvalue weighted by molar-refractivity contribution is -0.143. The van der Waals surface area contributed by atoms with E-state index in [9.17, 15) is 48.5 Å². The van der Waals surface area contributed by atoms with Gasteiger partial charge in [-0.05, 0) is 84.2 Å². The third-order valence-electron chi connectivity index (χ3n) is 6.43. The number of pyridine rings is 1. The molecule has 1 amide bonds. The van der Waals surface area contributed by atoms with Crippen molar-refractivity contribution in [1.82, 2.24) is 9.88 Å². The standard InChI is InChI=1S/C28H29ClF9N3O3S/c1-24(2,3)44-23(42)41-19(17-12-21(28(36,37)38)39-13-18(17)29)7-8-20(41)22(40-45(43)25(4,5)6)14-9-15(26(30,31)32)11-16(10-14)27(33,34)35/h9-13,19-20H,7-8H2,1-6H3/t19-,20-,45?/m0/s1. The van der Waals surface area contributed by atoms with Crippen molar-refractivity contribution >= 4 is 34.4 Å². The van der Waals surface area contributed by atoms with Crippen molar-refractivity contribution in [3.8, 4) is 0 Å². The molecule has 1 aliphatic rings. The van der Waals surface area contributed by atoms with Crippen LogP contribution in [0.15, 0.2) is 34.9 Å². The van der Waals surface area contributed by atoms with Gasteiger partial charge >= 0.3 is 24.6 Å². The van der Waals surface area contributed by atoms with Crippen LogP contribution in [0.1, 0.15) is 88.4 Å². The number of ether oxygens (including phenoxy) is 1. The number of halogens is 10. The van der Waals surface area contributed by atoms with Gasteiger partial charge in [0.2, 0.25) is 0 Å². The molecule has 0 aliphatic carbocycles. The minimum atomic E-state index is -5.24. The largest absolute Gasteiger partial charge is 0.444 e. The number of alkyl halides is 9. The van der Waals surface area contributed by atoms with E-state index in [4.69, 9.17) is 16.3 Å². The molecule has 0 N–H and O–H groups in total. The highest BCUT2D eigenvalue weighted by atomic mass is 35.5. The first-order chi connectivity index (χ1) is 20.2. The quantitative estimate of drug-likeness (QED) is 0.237. The first kappa shape index (κ1) is 36.6. The van der Waals surface area contributed by atoms with E-state index in [1.807, 2.05) is 0 Å². The highest BCUT2D eigenvalue weighted by Gasteiger charge is 2.46. The molecule has 6 nitrogen and oxygen atoms in total. The Balaban J connectivity index is 2.36. The lowest BCUT2D eigenvalue weighted by Crippen LogP contribution is -2.45. The molecule has 17 heteroatoms. The minimum Gasteiger partial charge on any atom is -0.444 e. The molecule has 3 atom stereocenters. The van der Waals surface area contributed by atoms with Crippen molar-refractivity contribution in [2.24, 2.45) is 4.40 Å². The van der Waals surface area contributed by atoms with Crippen LogP contribution in [0.25, 0.3) is 0 Å². The van der Waals surface area contributed by atoms with Crippen molar-refractivity contribution < 1.29 is 53.3 Å². The van der Waals surface area contributed by atoms with Gasteiger partial charge in [-0.3, -0.25) is 9.88 Å². The SMILES string of the molecule is CC(C)(C)OC(=O)N1[C@H](C(=NS(=O)C(C)(C)C)c2cc(C(F)(F)F)cc(C(F)(F)F)c2)CC[C@H]1c1cc(C(F)(F)F)ncc1Cl. The van der Waals surface area contributed by atoms with E-state index in [1.165, 1.54) is 41.5 Å². The van der Waals surface area contributed by atoms with Crippen LogP contribution in [-0.2, 0) is 34.3 Å². The molecule has 0 radical (unpaired) electrons. The van der Waals surface area contributed by atoms with E-state index >= 15 is 0 Å². The molecule has 1 unspecified atom stereocenters. The Hall–Kier alpha value is -2.88. The van der Waals surface area contributed by atoms with Crippen LogP contribution in [0.2, 0.25) is 5.02 Å². The van der Waals surface area contributed by atoms with E-state index in [0.29, 0.717) is 24.4 Å². The Morgan fingerprint density at radius 1 is 0.889 bits per heavy atom. The van der Waals surface area contributed by atoms with Crippen molar-refractivity contribution in [2.45, 2.75) is 95.3 Å². The van der Waals surface area contributed by atoms with Gasteiger partial charge in [0.05, 0.1) is 38.7 Å². The van der Waals surface area contributed by atoms with Crippen molar-refractivity contribution in [3.63, 3.8) is 0 Å². The number of carbonyl (C=O) groups is 1. The fourth-order valence-electron chi connectivity index (χ4n) is 4.45. The average Bonchev–Trinajstić information content (AvgIpc) is 3.28. The summed E-state index contributed by atoms with van der Waals surface area (Å²) in [6.07, 6.45) is -16.3. The molecule has 1 fully saturated rings. The zero-order valence-electron chi connectivity index (χ0n) is 24.7. The summed E-state index contributed by atoms with van der Waals surface area (Å²) in [4.78, 5) is 17.8. The first-order valence-corrected chi connectivity index (χ1v) is 14.7. The van der Waals surface area contributed by atoms with Crippen LogP contribution in [-0.4, -0.2) is 42.3 Å². The smallest absolute Gasteiger partial charge is 0.433 e. The van der Waals surface area contributed by atoms with Gasteiger partial charge in [0.15, 0.2) is 0 Å². The summed E-state index contributed by atoms with van der Waals surface area (Å²) in [5.74, 6) is 0. The van der Waals surface area contributed by atoms with Gasteiger partial charge in [-0.15, -0.1) is 0 Å². The lowest BCUT2D eigenvalue weighted by atomic mass is 9.96. The number of aromatic nitrogens is 1. The maximum absolute atomic E-state index is 13.8. The number of carbonyl (C=O) groups excluding carboxylic acids is 1. The first-order valence-electron chi connectivity index (χ1n) is 13.2. The number of nitrogens with zero attached hydrogens (tertiary/aromatic N) is 3. The highest BCUT2D eigenvalue weighted by Crippen LogP contribution is 2.44. The molecule has 1 aromatic carbocycles. The van der Waals surface area contributed by atoms with Crippen LogP contribution in [0, 0.1) is 0 Å². The van der Waals surface area contributed by atoms with Crippen LogP contribution < -0.4 is 0 Å². The highest BCUT2D eigenvalue weighted by molar-refractivity contribution is 7.85. The minimum absolute atomic E-state index is 0.0969. The molecular weight excluding hydrogens is 665 g/mol. The van der Waals surface area contributed by atoms with E-state index in [-0.39, 0.29) is 29.5 Å². The molecular formula is C28H29ClF9N3O3S. The molecule has 0 bridgehead atoms. The molecule has 0 saturated carbocycles. The number of hydrogen-bond donors (Lipinski definition) is 0. The zero-order chi connectivity index (χ0) is 34.5. The number of amides is 1. The molecule has 1 aromatic heterocycles. The number of rotatable bonds is 4. The predicted molar refractivity (Wildman–Crippen MR) is 149 cm³/mol. The molecule has 2 aromatic rings. The lowest BCUT2D eigenvalue weighted by Gasteiger charge is -2.34. The maximum Gasteiger partial charge on any atom is 0.433 e. The second-order valence-electron chi connectivity index (χ2n) is 12.2. The Bertz CT molecular complexity index is 1460. The summed E-state index contributed by atoms with van der Waals surface area (Å²) in [6.45, 7) is 8.77. The van der Waals surface area contributed by atoms with Gasteiger partial charge in [0, 0.05) is 11.8 Å². The third-order valence-corrected chi connectivity index (χ3v) is 8.15. The molecule has 1 saturated heterocycles. The third kappa shape index (κ3) is 8.89. The molecule has 45 heavy (non-hydrogen) atoms. The Labute approximate surface area is 260 Å². The molecule has 250 valence electrons. The van der Waals surface area contributed by atoms with Crippen molar-refractivity contribution in [3.05, 3.63) is 63.4 Å². The number of benzene rings is 1. The van der Waals surface area contributed by atoms with E-state index in [1.54, 1.807) is 0 Å². The predicted octanol–water partition coefficient (Wildman–Crippen LogP) is 9.18. The van der Waals surface area contributed by atoms with Gasteiger partial charge in [0.25, 0.3) is 0 Å².